The molecular weight excluding hydrogens is 180 g/mol. The molecule has 0 aromatic heterocycles. The summed E-state index contributed by atoms with van der Waals surface area (Å²) in [5, 5.41) is 9.08. The second-order valence-corrected chi connectivity index (χ2v) is 7.98. The Kier molecular flexibility index (Phi) is 4.19. The molecule has 0 heterocycles. The maximum absolute atomic E-state index is 9.48. The Morgan fingerprint density at radius 1 is 1.38 bits per heavy atom. The molecule has 0 aliphatic carbocycles. The van der Waals surface area contributed by atoms with Gasteiger partial charge in [0.2, 0.25) is 0 Å². The van der Waals surface area contributed by atoms with E-state index in [9.17, 15) is 5.11 Å². The average molecular weight is 202 g/mol. The number of ether oxygens (including phenoxy) is 1. The van der Waals surface area contributed by atoms with Crippen LogP contribution in [0, 0.1) is 5.41 Å². The fraction of sp³-hybridized carbons (Fsp3) is 0.800. The number of hydrogen-bond donors (Lipinski definition) is 1. The van der Waals surface area contributed by atoms with E-state index in [1.165, 1.54) is 6.26 Å². The van der Waals surface area contributed by atoms with E-state index in [1.54, 1.807) is 0 Å². The quantitative estimate of drug-likeness (QED) is 0.558. The maximum Gasteiger partial charge on any atom is 0.119 e. The van der Waals surface area contributed by atoms with Gasteiger partial charge in [0.05, 0.1) is 21.7 Å². The molecule has 0 saturated carbocycles. The van der Waals surface area contributed by atoms with Gasteiger partial charge in [-0.3, -0.25) is 0 Å². The van der Waals surface area contributed by atoms with Gasteiger partial charge >= 0.3 is 0 Å². The Labute approximate surface area is 83.2 Å². The number of rotatable bonds is 4. The third-order valence-corrected chi connectivity index (χ3v) is 5.78. The molecule has 13 heavy (non-hydrogen) atoms. The summed E-state index contributed by atoms with van der Waals surface area (Å²) < 4.78 is 5.58. The average Bonchev–Trinajstić information content (AvgIpc) is 1.96. The predicted molar refractivity (Wildman–Crippen MR) is 59.4 cm³/mol. The SMILES string of the molecule is C=COC(CO)([SiH](C)C)C(C)(C)C. The van der Waals surface area contributed by atoms with E-state index in [0.717, 1.165) is 0 Å². The van der Waals surface area contributed by atoms with Crippen molar-refractivity contribution in [2.24, 2.45) is 5.41 Å². The molecule has 0 aromatic carbocycles. The van der Waals surface area contributed by atoms with Gasteiger partial charge < -0.3 is 9.84 Å². The summed E-state index contributed by atoms with van der Waals surface area (Å²) in [6, 6.07) is 0. The Hall–Kier alpha value is -0.283. The topological polar surface area (TPSA) is 29.5 Å². The zero-order valence-electron chi connectivity index (χ0n) is 9.42. The molecular formula is C10H22O2Si. The molecule has 1 atom stereocenters. The molecule has 0 aromatic rings. The van der Waals surface area contributed by atoms with E-state index in [2.05, 4.69) is 40.4 Å². The van der Waals surface area contributed by atoms with E-state index < -0.39 is 14.0 Å². The molecule has 0 bridgehead atoms. The minimum absolute atomic E-state index is 0.0453. The molecule has 3 heteroatoms. The molecule has 1 N–H and O–H groups in total. The molecule has 0 aliphatic rings. The first-order valence-corrected chi connectivity index (χ1v) is 7.60. The van der Waals surface area contributed by atoms with Crippen molar-refractivity contribution in [1.29, 1.82) is 0 Å². The Morgan fingerprint density at radius 3 is 1.92 bits per heavy atom. The highest BCUT2D eigenvalue weighted by Crippen LogP contribution is 2.36. The molecule has 2 nitrogen and oxygen atoms in total. The van der Waals surface area contributed by atoms with Crippen LogP contribution in [0.1, 0.15) is 20.8 Å². The molecule has 0 fully saturated rings. The second-order valence-electron chi connectivity index (χ2n) is 4.74. The van der Waals surface area contributed by atoms with Gasteiger partial charge in [0.15, 0.2) is 0 Å². The summed E-state index contributed by atoms with van der Waals surface area (Å²) in [5.41, 5.74) is -0.0453. The van der Waals surface area contributed by atoms with Crippen molar-refractivity contribution in [3.05, 3.63) is 12.8 Å². The smallest absolute Gasteiger partial charge is 0.119 e. The molecule has 0 amide bonds. The molecule has 1 unspecified atom stereocenters. The normalized spacial score (nSPS) is 16.8. The van der Waals surface area contributed by atoms with Crippen LogP contribution in [0.5, 0.6) is 0 Å². The van der Waals surface area contributed by atoms with Crippen LogP contribution in [0.15, 0.2) is 12.8 Å². The molecule has 0 saturated heterocycles. The molecule has 78 valence electrons. The minimum atomic E-state index is -1.11. The lowest BCUT2D eigenvalue weighted by Gasteiger charge is -2.45. The van der Waals surface area contributed by atoms with Crippen molar-refractivity contribution in [2.45, 2.75) is 39.1 Å². The lowest BCUT2D eigenvalue weighted by atomic mass is 9.88. The summed E-state index contributed by atoms with van der Waals surface area (Å²) in [4.78, 5) is 0. The van der Waals surface area contributed by atoms with Gasteiger partial charge in [-0.15, -0.1) is 0 Å². The van der Waals surface area contributed by atoms with Crippen LogP contribution < -0.4 is 0 Å². The van der Waals surface area contributed by atoms with Gasteiger partial charge in [-0.2, -0.15) is 0 Å². The van der Waals surface area contributed by atoms with E-state index in [0.29, 0.717) is 0 Å². The van der Waals surface area contributed by atoms with Crippen molar-refractivity contribution in [3.8, 4) is 0 Å². The van der Waals surface area contributed by atoms with E-state index in [1.807, 2.05) is 0 Å². The highest BCUT2D eigenvalue weighted by atomic mass is 28.3. The van der Waals surface area contributed by atoms with E-state index in [-0.39, 0.29) is 12.0 Å². The van der Waals surface area contributed by atoms with Crippen LogP contribution in [-0.4, -0.2) is 25.7 Å². The fourth-order valence-corrected chi connectivity index (χ4v) is 4.25. The Balaban J connectivity index is 4.97. The molecule has 0 radical (unpaired) electrons. The highest BCUT2D eigenvalue weighted by molar-refractivity contribution is 6.59. The third-order valence-electron chi connectivity index (χ3n) is 2.73. The van der Waals surface area contributed by atoms with E-state index >= 15 is 0 Å². The van der Waals surface area contributed by atoms with Crippen molar-refractivity contribution in [1.82, 2.24) is 0 Å². The van der Waals surface area contributed by atoms with Gasteiger partial charge in [0.25, 0.3) is 0 Å². The fourth-order valence-electron chi connectivity index (χ4n) is 1.78. The lowest BCUT2D eigenvalue weighted by Crippen LogP contribution is -2.57. The summed E-state index contributed by atoms with van der Waals surface area (Å²) in [5.74, 6) is 0. The lowest BCUT2D eigenvalue weighted by molar-refractivity contribution is -0.0420. The summed E-state index contributed by atoms with van der Waals surface area (Å²) in [6.45, 7) is 14.3. The minimum Gasteiger partial charge on any atom is -0.497 e. The monoisotopic (exact) mass is 202 g/mol. The zero-order chi connectivity index (χ0) is 10.7. The van der Waals surface area contributed by atoms with Gasteiger partial charge in [-0.25, -0.2) is 0 Å². The zero-order valence-corrected chi connectivity index (χ0v) is 10.6. The second kappa shape index (κ2) is 4.29. The van der Waals surface area contributed by atoms with Crippen molar-refractivity contribution < 1.29 is 9.84 Å². The van der Waals surface area contributed by atoms with Crippen molar-refractivity contribution >= 4 is 8.80 Å². The van der Waals surface area contributed by atoms with Crippen LogP contribution in [0.2, 0.25) is 13.1 Å². The highest BCUT2D eigenvalue weighted by Gasteiger charge is 2.46. The van der Waals surface area contributed by atoms with Crippen LogP contribution in [0.3, 0.4) is 0 Å². The van der Waals surface area contributed by atoms with Crippen LogP contribution in [0.4, 0.5) is 0 Å². The first kappa shape index (κ1) is 12.7. The van der Waals surface area contributed by atoms with Gasteiger partial charge in [0.1, 0.15) is 5.22 Å². The van der Waals surface area contributed by atoms with Crippen molar-refractivity contribution in [3.63, 3.8) is 0 Å². The van der Waals surface area contributed by atoms with Crippen LogP contribution >= 0.6 is 0 Å². The number of aliphatic hydroxyl groups excluding tert-OH is 1. The Bertz CT molecular complexity index is 172. The largest absolute Gasteiger partial charge is 0.497 e. The number of hydrogen-bond acceptors (Lipinski definition) is 2. The standard InChI is InChI=1S/C10H22O2Si/c1-7-12-10(8-11,13(5)6)9(2,3)4/h7,11,13H,1,8H2,2-6H3. The third kappa shape index (κ3) is 2.35. The van der Waals surface area contributed by atoms with Gasteiger partial charge in [0, 0.05) is 5.41 Å². The molecule has 0 spiro atoms. The molecule has 0 rings (SSSR count). The van der Waals surface area contributed by atoms with Crippen molar-refractivity contribution in [2.75, 3.05) is 6.61 Å². The van der Waals surface area contributed by atoms with Crippen LogP contribution in [-0.2, 0) is 4.74 Å². The summed E-state index contributed by atoms with van der Waals surface area (Å²) in [7, 11) is -1.11. The number of aliphatic hydroxyl groups is 1. The summed E-state index contributed by atoms with van der Waals surface area (Å²) >= 11 is 0. The Morgan fingerprint density at radius 2 is 1.85 bits per heavy atom. The van der Waals surface area contributed by atoms with Gasteiger partial charge in [-0.1, -0.05) is 40.4 Å². The first-order valence-electron chi connectivity index (χ1n) is 4.71. The van der Waals surface area contributed by atoms with Crippen LogP contribution in [0.25, 0.3) is 0 Å². The predicted octanol–water partition coefficient (Wildman–Crippen LogP) is 1.95. The van der Waals surface area contributed by atoms with Gasteiger partial charge in [-0.05, 0) is 0 Å². The summed E-state index contributed by atoms with van der Waals surface area (Å²) in [6.07, 6.45) is 1.45. The maximum atomic E-state index is 9.48. The molecule has 0 aliphatic heterocycles. The van der Waals surface area contributed by atoms with E-state index in [4.69, 9.17) is 4.74 Å². The first-order chi connectivity index (χ1) is 5.81.